The first-order valence-electron chi connectivity index (χ1n) is 11.0. The van der Waals surface area contributed by atoms with Gasteiger partial charge in [-0.3, -0.25) is 9.59 Å². The lowest BCUT2D eigenvalue weighted by atomic mass is 9.99. The number of phenols is 1. The van der Waals surface area contributed by atoms with Gasteiger partial charge in [-0.05, 0) is 38.0 Å². The molecule has 0 fully saturated rings. The molecule has 10 heteroatoms. The van der Waals surface area contributed by atoms with Gasteiger partial charge in [0.1, 0.15) is 29.3 Å². The fourth-order valence-electron chi connectivity index (χ4n) is 3.05. The number of ether oxygens (including phenoxy) is 2. The number of hydrogen-bond donors (Lipinski definition) is 4. The summed E-state index contributed by atoms with van der Waals surface area (Å²) >= 11 is 0. The summed E-state index contributed by atoms with van der Waals surface area (Å²) in [5.41, 5.74) is 2.59. The highest BCUT2D eigenvalue weighted by Crippen LogP contribution is 2.33. The number of nitrogens with one attached hydrogen (secondary N) is 1. The Balaban J connectivity index is 2.34. The number of hydrogen-bond acceptors (Lipinski definition) is 10. The predicted octanol–water partition coefficient (Wildman–Crippen LogP) is 1.67. The molecule has 0 aliphatic carbocycles. The van der Waals surface area contributed by atoms with Crippen LogP contribution < -0.4 is 10.2 Å². The van der Waals surface area contributed by atoms with Crippen LogP contribution >= 0.6 is 0 Å². The normalized spacial score (nSPS) is 25.4. The van der Waals surface area contributed by atoms with Crippen molar-refractivity contribution in [3.63, 3.8) is 0 Å². The Bertz CT molecular complexity index is 941. The molecule has 10 nitrogen and oxygen atoms in total. The highest BCUT2D eigenvalue weighted by Gasteiger charge is 2.26. The van der Waals surface area contributed by atoms with E-state index in [4.69, 9.17) is 9.47 Å². The van der Waals surface area contributed by atoms with Crippen LogP contribution in [-0.2, 0) is 19.2 Å². The second kappa shape index (κ2) is 12.9. The average molecular weight is 478 g/mol. The van der Waals surface area contributed by atoms with E-state index in [-0.39, 0.29) is 41.6 Å². The first-order chi connectivity index (χ1) is 16.1. The van der Waals surface area contributed by atoms with Gasteiger partial charge >= 0.3 is 11.9 Å². The van der Waals surface area contributed by atoms with Crippen LogP contribution in [0.4, 0.5) is 0 Å². The van der Waals surface area contributed by atoms with Crippen molar-refractivity contribution < 1.29 is 44.0 Å². The first kappa shape index (κ1) is 27.0. The van der Waals surface area contributed by atoms with Gasteiger partial charge in [-0.25, -0.2) is 4.79 Å². The summed E-state index contributed by atoms with van der Waals surface area (Å²) in [5, 5.41) is 30.7. The molecule has 0 bridgehead atoms. The third-order valence-electron chi connectivity index (χ3n) is 5.20. The van der Waals surface area contributed by atoms with Crippen molar-refractivity contribution in [2.45, 2.75) is 51.9 Å². The highest BCUT2D eigenvalue weighted by atomic mass is 16.7. The zero-order chi connectivity index (χ0) is 25.3. The molecule has 4 atom stereocenters. The van der Waals surface area contributed by atoms with E-state index in [0.717, 1.165) is 6.08 Å². The van der Waals surface area contributed by atoms with E-state index in [1.165, 1.54) is 37.3 Å². The van der Waals surface area contributed by atoms with Crippen LogP contribution in [0, 0.1) is 5.92 Å². The summed E-state index contributed by atoms with van der Waals surface area (Å²) in [5.74, 6) is -2.34. The molecule has 0 amide bonds. The molecule has 0 spiro atoms. The molecule has 4 N–H and O–H groups in total. The van der Waals surface area contributed by atoms with Crippen molar-refractivity contribution in [2.24, 2.45) is 5.92 Å². The zero-order valence-electron chi connectivity index (χ0n) is 19.4. The Morgan fingerprint density at radius 1 is 1.21 bits per heavy atom. The van der Waals surface area contributed by atoms with E-state index >= 15 is 0 Å². The smallest absolute Gasteiger partial charge is 0.342 e. The Morgan fingerprint density at radius 3 is 2.65 bits per heavy atom. The lowest BCUT2D eigenvalue weighted by Gasteiger charge is -2.21. The quantitative estimate of drug-likeness (QED) is 0.270. The van der Waals surface area contributed by atoms with Gasteiger partial charge < -0.3 is 29.6 Å². The number of hydroxylamine groups is 1. The zero-order valence-corrected chi connectivity index (χ0v) is 19.4. The lowest BCUT2D eigenvalue weighted by Crippen LogP contribution is -2.32. The van der Waals surface area contributed by atoms with Gasteiger partial charge in [0.15, 0.2) is 5.78 Å². The number of aromatic hydroxyl groups is 1. The van der Waals surface area contributed by atoms with E-state index in [2.05, 4.69) is 10.3 Å². The molecule has 0 aromatic heterocycles. The van der Waals surface area contributed by atoms with Crippen molar-refractivity contribution in [1.82, 2.24) is 5.48 Å². The molecule has 2 rings (SSSR count). The Labute approximate surface area is 197 Å². The van der Waals surface area contributed by atoms with Gasteiger partial charge in [-0.1, -0.05) is 25.2 Å². The third-order valence-corrected chi connectivity index (χ3v) is 5.20. The molecule has 1 aliphatic rings. The van der Waals surface area contributed by atoms with Crippen molar-refractivity contribution >= 4 is 23.8 Å². The minimum Gasteiger partial charge on any atom is -0.507 e. The van der Waals surface area contributed by atoms with Crippen molar-refractivity contribution in [2.75, 3.05) is 13.2 Å². The van der Waals surface area contributed by atoms with Gasteiger partial charge in [0.2, 0.25) is 0 Å². The predicted molar refractivity (Wildman–Crippen MR) is 122 cm³/mol. The number of esters is 1. The molecule has 0 saturated carbocycles. The van der Waals surface area contributed by atoms with E-state index in [9.17, 15) is 29.7 Å². The van der Waals surface area contributed by atoms with Crippen molar-refractivity contribution in [1.29, 1.82) is 0 Å². The Morgan fingerprint density at radius 2 is 1.94 bits per heavy atom. The van der Waals surface area contributed by atoms with Crippen LogP contribution in [0.1, 0.15) is 49.5 Å². The molecule has 0 saturated heterocycles. The number of phenolic OH excluding ortho intramolecular Hbond substituents is 1. The van der Waals surface area contributed by atoms with Crippen LogP contribution in [-0.4, -0.2) is 64.5 Å². The molecule has 0 radical (unpaired) electrons. The number of cyclic esters (lactones) is 1. The molecule has 1 heterocycles. The number of ketones is 1. The number of fused-ring (bicyclic) bond motifs is 1. The largest absolute Gasteiger partial charge is 0.507 e. The molecule has 1 aliphatic heterocycles. The molecular formula is C24H31NO9. The Kier molecular flexibility index (Phi) is 10.2. The van der Waals surface area contributed by atoms with Gasteiger partial charge in [-0.15, -0.1) is 0 Å². The van der Waals surface area contributed by atoms with Crippen LogP contribution in [0.2, 0.25) is 0 Å². The summed E-state index contributed by atoms with van der Waals surface area (Å²) in [7, 11) is 0. The fourth-order valence-corrected chi connectivity index (χ4v) is 3.05. The highest BCUT2D eigenvalue weighted by molar-refractivity contribution is 5.98. The summed E-state index contributed by atoms with van der Waals surface area (Å²) in [4.78, 5) is 40.5. The molecule has 1 aromatic carbocycles. The molecule has 34 heavy (non-hydrogen) atoms. The summed E-state index contributed by atoms with van der Waals surface area (Å²) in [6, 6.07) is 2.80. The number of benzene rings is 1. The van der Waals surface area contributed by atoms with Crippen LogP contribution in [0.3, 0.4) is 0 Å². The number of rotatable bonds is 6. The molecule has 2 unspecified atom stereocenters. The van der Waals surface area contributed by atoms with Crippen LogP contribution in [0.15, 0.2) is 30.4 Å². The van der Waals surface area contributed by atoms with E-state index in [1.807, 2.05) is 0 Å². The number of aliphatic hydroxyl groups excluding tert-OH is 2. The fraction of sp³-hybridized carbons (Fsp3) is 0.458. The van der Waals surface area contributed by atoms with Crippen LogP contribution in [0.5, 0.6) is 11.5 Å². The molecular weight excluding hydrogens is 446 g/mol. The third kappa shape index (κ3) is 7.68. The van der Waals surface area contributed by atoms with Gasteiger partial charge in [0.25, 0.3) is 0 Å². The number of carbonyl (C=O) groups is 3. The van der Waals surface area contributed by atoms with E-state index in [0.29, 0.717) is 13.0 Å². The summed E-state index contributed by atoms with van der Waals surface area (Å²) in [6.07, 6.45) is 2.30. The molecule has 1 aromatic rings. The number of aliphatic hydroxyl groups is 2. The maximum Gasteiger partial charge on any atom is 0.342 e. The van der Waals surface area contributed by atoms with Gasteiger partial charge in [-0.2, -0.15) is 5.48 Å². The average Bonchev–Trinajstić information content (AvgIpc) is 2.78. The standard InChI is InChI=1S/C24H31NO9/c1-14-8-9-20(29)23(30)19(28)7-4-6-17-21(32-13-5-12-25-34-16(3)26)11-10-18(27)22(17)24(31)33-15(14)2/h4,6,8-11,14-15,19,23,25,27-28,30H,5,7,12-13H2,1-3H3/b6-4+,9-8-/t14?,15-,19-,23?/m0/s1. The van der Waals surface area contributed by atoms with Gasteiger partial charge in [0, 0.05) is 24.9 Å². The SMILES string of the molecule is CC(=O)ONCCCOc1ccc(O)c2c1/C=C/C[C@H](O)C(O)C(=O)/C=C\C(C)[C@H](C)OC2=O. The number of carbonyl (C=O) groups excluding carboxylic acids is 3. The summed E-state index contributed by atoms with van der Waals surface area (Å²) < 4.78 is 11.3. The Hall–Kier alpha value is -3.21. The van der Waals surface area contributed by atoms with Crippen molar-refractivity contribution in [3.8, 4) is 11.5 Å². The van der Waals surface area contributed by atoms with Crippen LogP contribution in [0.25, 0.3) is 6.08 Å². The van der Waals surface area contributed by atoms with E-state index in [1.54, 1.807) is 13.8 Å². The first-order valence-corrected chi connectivity index (χ1v) is 11.0. The van der Waals surface area contributed by atoms with Gasteiger partial charge in [0.05, 0.1) is 12.7 Å². The second-order valence-corrected chi connectivity index (χ2v) is 7.94. The van der Waals surface area contributed by atoms with Crippen molar-refractivity contribution in [3.05, 3.63) is 41.5 Å². The maximum atomic E-state index is 13.0. The topological polar surface area (TPSA) is 152 Å². The van der Waals surface area contributed by atoms with E-state index < -0.39 is 36.0 Å². The summed E-state index contributed by atoms with van der Waals surface area (Å²) in [6.45, 7) is 5.16. The lowest BCUT2D eigenvalue weighted by molar-refractivity contribution is -0.148. The minimum absolute atomic E-state index is 0.0947. The molecule has 186 valence electrons. The monoisotopic (exact) mass is 477 g/mol. The second-order valence-electron chi connectivity index (χ2n) is 7.94. The maximum absolute atomic E-state index is 13.0. The minimum atomic E-state index is -1.61.